The van der Waals surface area contributed by atoms with Gasteiger partial charge < -0.3 is 9.88 Å². The molecule has 3 rings (SSSR count). The molecule has 0 saturated carbocycles. The van der Waals surface area contributed by atoms with E-state index in [0.29, 0.717) is 6.54 Å². The van der Waals surface area contributed by atoms with Crippen LogP contribution in [0.25, 0.3) is 11.0 Å². The van der Waals surface area contributed by atoms with Crippen molar-refractivity contribution in [3.05, 3.63) is 66.0 Å². The molecule has 0 bridgehead atoms. The molecule has 25 heavy (non-hydrogen) atoms. The van der Waals surface area contributed by atoms with E-state index in [2.05, 4.69) is 29.6 Å². The number of para-hydroxylation sites is 2. The maximum atomic E-state index is 12.4. The molecule has 1 heterocycles. The number of imidazole rings is 1. The summed E-state index contributed by atoms with van der Waals surface area (Å²) in [7, 11) is 0. The highest BCUT2D eigenvalue weighted by atomic mass is 16.2. The number of carbonyl (C=O) groups excluding carboxylic acids is 1. The highest BCUT2D eigenvalue weighted by Crippen LogP contribution is 2.18. The molecule has 0 fully saturated rings. The summed E-state index contributed by atoms with van der Waals surface area (Å²) >= 11 is 0. The molecule has 3 aromatic rings. The lowest BCUT2D eigenvalue weighted by Gasteiger charge is -2.21. The molecule has 1 N–H and O–H groups in total. The molecule has 130 valence electrons. The van der Waals surface area contributed by atoms with Gasteiger partial charge in [-0.15, -0.1) is 0 Å². The Balaban J connectivity index is 1.85. The van der Waals surface area contributed by atoms with E-state index in [9.17, 15) is 4.79 Å². The summed E-state index contributed by atoms with van der Waals surface area (Å²) in [6, 6.07) is 18.4. The fourth-order valence-corrected chi connectivity index (χ4v) is 2.99. The van der Waals surface area contributed by atoms with Crippen molar-refractivity contribution in [1.29, 1.82) is 0 Å². The van der Waals surface area contributed by atoms with Crippen LogP contribution in [-0.4, -0.2) is 21.0 Å². The van der Waals surface area contributed by atoms with E-state index in [0.717, 1.165) is 29.7 Å². The Labute approximate surface area is 148 Å². The first-order valence-electron chi connectivity index (χ1n) is 8.71. The standard InChI is InChI=1S/C21H25N3O/c1-21(2,3)23-20(25)15-24-18-12-8-7-11-17(18)22-19(24)14-13-16-9-5-4-6-10-16/h4-12H,13-15H2,1-3H3,(H,23,25). The first-order chi connectivity index (χ1) is 11.9. The predicted molar refractivity (Wildman–Crippen MR) is 101 cm³/mol. The number of rotatable bonds is 5. The zero-order valence-corrected chi connectivity index (χ0v) is 15.1. The molecule has 4 heteroatoms. The third-order valence-corrected chi connectivity index (χ3v) is 4.03. The number of aromatic nitrogens is 2. The van der Waals surface area contributed by atoms with Crippen molar-refractivity contribution in [3.8, 4) is 0 Å². The first kappa shape index (κ1) is 17.2. The van der Waals surface area contributed by atoms with Gasteiger partial charge in [-0.05, 0) is 44.9 Å². The predicted octanol–water partition coefficient (Wildman–Crippen LogP) is 3.74. The van der Waals surface area contributed by atoms with Crippen LogP contribution in [0.1, 0.15) is 32.2 Å². The number of hydrogen-bond acceptors (Lipinski definition) is 2. The van der Waals surface area contributed by atoms with Crippen LogP contribution in [0.4, 0.5) is 0 Å². The van der Waals surface area contributed by atoms with Crippen molar-refractivity contribution < 1.29 is 4.79 Å². The zero-order chi connectivity index (χ0) is 17.9. The maximum Gasteiger partial charge on any atom is 0.240 e. The number of benzene rings is 2. The minimum Gasteiger partial charge on any atom is -0.350 e. The SMILES string of the molecule is CC(C)(C)NC(=O)Cn1c(CCc2ccccc2)nc2ccccc21. The largest absolute Gasteiger partial charge is 0.350 e. The van der Waals surface area contributed by atoms with Crippen LogP contribution >= 0.6 is 0 Å². The highest BCUT2D eigenvalue weighted by molar-refractivity contribution is 5.81. The molecule has 0 aliphatic rings. The summed E-state index contributed by atoms with van der Waals surface area (Å²) in [6.45, 7) is 6.27. The van der Waals surface area contributed by atoms with Gasteiger partial charge in [0.1, 0.15) is 12.4 Å². The Kier molecular flexibility index (Phi) is 4.88. The summed E-state index contributed by atoms with van der Waals surface area (Å²) in [4.78, 5) is 17.2. The summed E-state index contributed by atoms with van der Waals surface area (Å²) < 4.78 is 2.04. The van der Waals surface area contributed by atoms with Gasteiger partial charge in [0.2, 0.25) is 5.91 Å². The van der Waals surface area contributed by atoms with Crippen LogP contribution < -0.4 is 5.32 Å². The van der Waals surface area contributed by atoms with Gasteiger partial charge in [0.05, 0.1) is 11.0 Å². The summed E-state index contributed by atoms with van der Waals surface area (Å²) in [5, 5.41) is 3.04. The lowest BCUT2D eigenvalue weighted by atomic mass is 10.1. The third-order valence-electron chi connectivity index (χ3n) is 4.03. The zero-order valence-electron chi connectivity index (χ0n) is 15.1. The molecule has 0 radical (unpaired) electrons. The van der Waals surface area contributed by atoms with Crippen LogP contribution in [0.2, 0.25) is 0 Å². The lowest BCUT2D eigenvalue weighted by molar-refractivity contribution is -0.123. The van der Waals surface area contributed by atoms with E-state index in [4.69, 9.17) is 4.98 Å². The Morgan fingerprint density at radius 2 is 1.68 bits per heavy atom. The molecule has 0 unspecified atom stereocenters. The second-order valence-corrected chi connectivity index (χ2v) is 7.39. The van der Waals surface area contributed by atoms with Crippen LogP contribution in [0, 0.1) is 0 Å². The summed E-state index contributed by atoms with van der Waals surface area (Å²) in [6.07, 6.45) is 1.71. The molecule has 0 atom stereocenters. The minimum absolute atomic E-state index is 0.0108. The van der Waals surface area contributed by atoms with Gasteiger partial charge >= 0.3 is 0 Å². The van der Waals surface area contributed by atoms with Crippen molar-refractivity contribution in [1.82, 2.24) is 14.9 Å². The molecule has 0 aliphatic carbocycles. The van der Waals surface area contributed by atoms with Crippen LogP contribution in [0.3, 0.4) is 0 Å². The Bertz CT molecular complexity index is 860. The van der Waals surface area contributed by atoms with E-state index < -0.39 is 0 Å². The van der Waals surface area contributed by atoms with E-state index in [1.165, 1.54) is 5.56 Å². The molecule has 0 spiro atoms. The molecule has 0 saturated heterocycles. The number of fused-ring (bicyclic) bond motifs is 1. The summed E-state index contributed by atoms with van der Waals surface area (Å²) in [5.74, 6) is 0.964. The second-order valence-electron chi connectivity index (χ2n) is 7.39. The van der Waals surface area contributed by atoms with Gasteiger partial charge in [0.15, 0.2) is 0 Å². The number of nitrogens with zero attached hydrogens (tertiary/aromatic N) is 2. The minimum atomic E-state index is -0.238. The summed E-state index contributed by atoms with van der Waals surface area (Å²) in [5.41, 5.74) is 2.99. The normalized spacial score (nSPS) is 11.6. The van der Waals surface area contributed by atoms with Gasteiger partial charge in [-0.2, -0.15) is 0 Å². The maximum absolute atomic E-state index is 12.4. The third kappa shape index (κ3) is 4.47. The van der Waals surface area contributed by atoms with Crippen molar-refractivity contribution in [2.75, 3.05) is 0 Å². The average molecular weight is 335 g/mol. The van der Waals surface area contributed by atoms with Gasteiger partial charge in [-0.25, -0.2) is 4.98 Å². The van der Waals surface area contributed by atoms with Crippen LogP contribution in [0.15, 0.2) is 54.6 Å². The van der Waals surface area contributed by atoms with Gasteiger partial charge in [0, 0.05) is 12.0 Å². The number of nitrogens with one attached hydrogen (secondary N) is 1. The lowest BCUT2D eigenvalue weighted by Crippen LogP contribution is -2.42. The number of amides is 1. The molecule has 2 aromatic carbocycles. The molecule has 1 aromatic heterocycles. The molecule has 4 nitrogen and oxygen atoms in total. The van der Waals surface area contributed by atoms with Crippen LogP contribution in [-0.2, 0) is 24.2 Å². The quantitative estimate of drug-likeness (QED) is 0.772. The van der Waals surface area contributed by atoms with Crippen molar-refractivity contribution in [2.45, 2.75) is 45.7 Å². The van der Waals surface area contributed by atoms with Crippen LogP contribution in [0.5, 0.6) is 0 Å². The second kappa shape index (κ2) is 7.09. The number of hydrogen-bond donors (Lipinski definition) is 1. The smallest absolute Gasteiger partial charge is 0.240 e. The van der Waals surface area contributed by atoms with E-state index >= 15 is 0 Å². The van der Waals surface area contributed by atoms with E-state index in [1.54, 1.807) is 0 Å². The molecular formula is C21H25N3O. The van der Waals surface area contributed by atoms with E-state index in [-0.39, 0.29) is 11.4 Å². The highest BCUT2D eigenvalue weighted by Gasteiger charge is 2.17. The molecule has 1 amide bonds. The fraction of sp³-hybridized carbons (Fsp3) is 0.333. The van der Waals surface area contributed by atoms with E-state index in [1.807, 2.05) is 55.7 Å². The Morgan fingerprint density at radius 3 is 2.40 bits per heavy atom. The van der Waals surface area contributed by atoms with Crippen molar-refractivity contribution in [3.63, 3.8) is 0 Å². The van der Waals surface area contributed by atoms with Gasteiger partial charge in [-0.3, -0.25) is 4.79 Å². The first-order valence-corrected chi connectivity index (χ1v) is 8.71. The molecule has 0 aliphatic heterocycles. The Morgan fingerprint density at radius 1 is 1.00 bits per heavy atom. The van der Waals surface area contributed by atoms with Crippen molar-refractivity contribution in [2.24, 2.45) is 0 Å². The van der Waals surface area contributed by atoms with Gasteiger partial charge in [-0.1, -0.05) is 42.5 Å². The number of aryl methyl sites for hydroxylation is 2. The van der Waals surface area contributed by atoms with Crippen molar-refractivity contribution >= 4 is 16.9 Å². The monoisotopic (exact) mass is 335 g/mol. The molecular weight excluding hydrogens is 310 g/mol. The van der Waals surface area contributed by atoms with Gasteiger partial charge in [0.25, 0.3) is 0 Å². The Hall–Kier alpha value is -2.62. The fourth-order valence-electron chi connectivity index (χ4n) is 2.99. The topological polar surface area (TPSA) is 46.9 Å². The number of carbonyl (C=O) groups is 1. The average Bonchev–Trinajstić information content (AvgIpc) is 2.90.